The molecular weight excluding hydrogens is 345 g/mol. The summed E-state index contributed by atoms with van der Waals surface area (Å²) in [5.74, 6) is 0.662. The van der Waals surface area contributed by atoms with Crippen molar-refractivity contribution in [3.8, 4) is 5.75 Å². The highest BCUT2D eigenvalue weighted by Crippen LogP contribution is 2.27. The summed E-state index contributed by atoms with van der Waals surface area (Å²) in [5, 5.41) is 0.945. The molecule has 0 aliphatic carbocycles. The van der Waals surface area contributed by atoms with Gasteiger partial charge < -0.3 is 16.2 Å². The summed E-state index contributed by atoms with van der Waals surface area (Å²) in [6.45, 7) is 10.1. The van der Waals surface area contributed by atoms with Gasteiger partial charge in [0.25, 0.3) is 0 Å². The van der Waals surface area contributed by atoms with Gasteiger partial charge in [0.2, 0.25) is 0 Å². The number of nitrogens with zero attached hydrogens (tertiary/aromatic N) is 1. The fourth-order valence-electron chi connectivity index (χ4n) is 1.77. The lowest BCUT2D eigenvalue weighted by atomic mass is 10.1. The largest absolute Gasteiger partial charge is 0.489 e. The Bertz CT molecular complexity index is 599. The second-order valence-electron chi connectivity index (χ2n) is 4.45. The summed E-state index contributed by atoms with van der Waals surface area (Å²) < 4.78 is 5.69. The first kappa shape index (κ1) is 22.5. The van der Waals surface area contributed by atoms with Gasteiger partial charge in [0.1, 0.15) is 12.4 Å². The molecule has 0 aliphatic rings. The highest BCUT2D eigenvalue weighted by Gasteiger charge is 2.09. The van der Waals surface area contributed by atoms with Gasteiger partial charge in [-0.2, -0.15) is 0 Å². The Balaban J connectivity index is 0.00000123. The van der Waals surface area contributed by atoms with Crippen molar-refractivity contribution < 1.29 is 4.74 Å². The minimum atomic E-state index is -0.161. The van der Waals surface area contributed by atoms with Crippen LogP contribution in [0.15, 0.2) is 30.6 Å². The molecule has 2 aromatic rings. The molecule has 6 heteroatoms. The molecule has 1 aromatic heterocycles. The zero-order valence-corrected chi connectivity index (χ0v) is 16.4. The van der Waals surface area contributed by atoms with Gasteiger partial charge in [0.05, 0.1) is 10.0 Å². The van der Waals surface area contributed by atoms with Crippen LogP contribution in [0.1, 0.15) is 51.8 Å². The molecule has 1 heterocycles. The van der Waals surface area contributed by atoms with E-state index in [9.17, 15) is 0 Å². The van der Waals surface area contributed by atoms with Gasteiger partial charge in [-0.1, -0.05) is 50.9 Å². The zero-order chi connectivity index (χ0) is 18.7. The van der Waals surface area contributed by atoms with Crippen molar-refractivity contribution in [3.63, 3.8) is 0 Å². The number of nitrogens with two attached hydrogens (primary N) is 2. The molecule has 0 aliphatic heterocycles. The number of hydrogen-bond donors (Lipinski definition) is 2. The summed E-state index contributed by atoms with van der Waals surface area (Å²) >= 11 is 12.1. The maximum absolute atomic E-state index is 6.04. The SMILES string of the molecule is CC.CC.CC(N)c1cc(OCc2c(Cl)cncc2Cl)ccc1N. The molecule has 24 heavy (non-hydrogen) atoms. The van der Waals surface area contributed by atoms with Crippen molar-refractivity contribution >= 4 is 28.9 Å². The average molecular weight is 372 g/mol. The van der Waals surface area contributed by atoms with E-state index >= 15 is 0 Å². The number of halogens is 2. The normalized spacial score (nSPS) is 10.7. The third-order valence-corrected chi connectivity index (χ3v) is 3.54. The van der Waals surface area contributed by atoms with Gasteiger partial charge in [-0.25, -0.2) is 0 Å². The molecule has 0 bridgehead atoms. The van der Waals surface area contributed by atoms with E-state index in [1.54, 1.807) is 12.1 Å². The van der Waals surface area contributed by atoms with E-state index in [-0.39, 0.29) is 12.6 Å². The van der Waals surface area contributed by atoms with Crippen LogP contribution in [0.25, 0.3) is 0 Å². The number of hydrogen-bond acceptors (Lipinski definition) is 4. The van der Waals surface area contributed by atoms with Gasteiger partial charge in [0.15, 0.2) is 0 Å². The minimum absolute atomic E-state index is 0.161. The molecule has 0 saturated heterocycles. The van der Waals surface area contributed by atoms with Crippen LogP contribution in [-0.2, 0) is 6.61 Å². The molecule has 0 amide bonds. The van der Waals surface area contributed by atoms with Gasteiger partial charge >= 0.3 is 0 Å². The van der Waals surface area contributed by atoms with Crippen LogP contribution in [0.4, 0.5) is 5.69 Å². The van der Waals surface area contributed by atoms with E-state index in [0.29, 0.717) is 27.0 Å². The lowest BCUT2D eigenvalue weighted by Crippen LogP contribution is -2.08. The number of pyridine rings is 1. The molecule has 1 unspecified atom stereocenters. The fraction of sp³-hybridized carbons (Fsp3) is 0.389. The first-order chi connectivity index (χ1) is 11.5. The molecule has 4 nitrogen and oxygen atoms in total. The van der Waals surface area contributed by atoms with E-state index in [4.69, 9.17) is 39.4 Å². The van der Waals surface area contributed by atoms with Crippen molar-refractivity contribution in [1.82, 2.24) is 4.98 Å². The number of rotatable bonds is 4. The highest BCUT2D eigenvalue weighted by molar-refractivity contribution is 6.35. The molecule has 0 saturated carbocycles. The smallest absolute Gasteiger partial charge is 0.120 e. The Kier molecular flexibility index (Phi) is 11.2. The second-order valence-corrected chi connectivity index (χ2v) is 5.26. The number of nitrogen functional groups attached to an aromatic ring is 1. The van der Waals surface area contributed by atoms with Crippen LogP contribution in [0.2, 0.25) is 10.0 Å². The quantitative estimate of drug-likeness (QED) is 0.683. The van der Waals surface area contributed by atoms with Gasteiger partial charge in [-0.3, -0.25) is 4.98 Å². The topological polar surface area (TPSA) is 74.2 Å². The van der Waals surface area contributed by atoms with E-state index < -0.39 is 0 Å². The van der Waals surface area contributed by atoms with E-state index in [1.807, 2.05) is 40.7 Å². The van der Waals surface area contributed by atoms with Crippen LogP contribution < -0.4 is 16.2 Å². The molecule has 0 radical (unpaired) electrons. The van der Waals surface area contributed by atoms with Crippen molar-refractivity contribution in [2.24, 2.45) is 5.73 Å². The molecule has 1 aromatic carbocycles. The van der Waals surface area contributed by atoms with Crippen LogP contribution in [0.5, 0.6) is 5.75 Å². The van der Waals surface area contributed by atoms with E-state index in [0.717, 1.165) is 5.56 Å². The van der Waals surface area contributed by atoms with Crippen LogP contribution in [0.3, 0.4) is 0 Å². The third kappa shape index (κ3) is 6.56. The molecule has 1 atom stereocenters. The van der Waals surface area contributed by atoms with Crippen molar-refractivity contribution in [3.05, 3.63) is 51.8 Å². The number of benzene rings is 1. The van der Waals surface area contributed by atoms with Gasteiger partial charge in [-0.05, 0) is 30.7 Å². The van der Waals surface area contributed by atoms with Crippen molar-refractivity contribution in [1.29, 1.82) is 0 Å². The monoisotopic (exact) mass is 371 g/mol. The standard InChI is InChI=1S/C14H15Cl2N3O.2C2H6/c1-8(17)10-4-9(2-3-14(10)18)20-7-11-12(15)5-19-6-13(11)16;2*1-2/h2-6,8H,7,17-18H2,1H3;2*1-2H3. The van der Waals surface area contributed by atoms with Gasteiger partial charge in [0, 0.05) is 29.7 Å². The minimum Gasteiger partial charge on any atom is -0.489 e. The Labute approximate surface area is 155 Å². The average Bonchev–Trinajstić information content (AvgIpc) is 2.59. The van der Waals surface area contributed by atoms with Crippen molar-refractivity contribution in [2.45, 2.75) is 47.3 Å². The molecular formula is C18H27Cl2N3O. The summed E-state index contributed by atoms with van der Waals surface area (Å²) in [5.41, 5.74) is 13.9. The summed E-state index contributed by atoms with van der Waals surface area (Å²) in [6.07, 6.45) is 3.06. The number of aromatic nitrogens is 1. The van der Waals surface area contributed by atoms with Gasteiger partial charge in [-0.15, -0.1) is 0 Å². The van der Waals surface area contributed by atoms with Crippen LogP contribution in [-0.4, -0.2) is 4.98 Å². The second kappa shape index (κ2) is 12.0. The fourth-order valence-corrected chi connectivity index (χ4v) is 2.24. The van der Waals surface area contributed by atoms with Crippen LogP contribution >= 0.6 is 23.2 Å². The third-order valence-electron chi connectivity index (χ3n) is 2.88. The molecule has 0 spiro atoms. The molecule has 2 rings (SSSR count). The maximum atomic E-state index is 6.04. The molecule has 134 valence electrons. The zero-order valence-electron chi connectivity index (χ0n) is 14.9. The predicted octanol–water partition coefficient (Wildman–Crippen LogP) is 5.62. The molecule has 4 N–H and O–H groups in total. The van der Waals surface area contributed by atoms with Crippen LogP contribution in [0, 0.1) is 0 Å². The summed E-state index contributed by atoms with van der Waals surface area (Å²) in [4.78, 5) is 3.90. The van der Waals surface area contributed by atoms with Crippen molar-refractivity contribution in [2.75, 3.05) is 5.73 Å². The lowest BCUT2D eigenvalue weighted by Gasteiger charge is -2.13. The Morgan fingerprint density at radius 3 is 2.12 bits per heavy atom. The molecule has 0 fully saturated rings. The maximum Gasteiger partial charge on any atom is 0.120 e. The Morgan fingerprint density at radius 1 is 1.08 bits per heavy atom. The number of anilines is 1. The van der Waals surface area contributed by atoms with E-state index in [1.165, 1.54) is 12.4 Å². The van der Waals surface area contributed by atoms with E-state index in [2.05, 4.69) is 4.98 Å². The Hall–Kier alpha value is -1.49. The highest BCUT2D eigenvalue weighted by atomic mass is 35.5. The first-order valence-corrected chi connectivity index (χ1v) is 8.80. The number of ether oxygens (including phenoxy) is 1. The Morgan fingerprint density at radius 2 is 1.62 bits per heavy atom. The summed E-state index contributed by atoms with van der Waals surface area (Å²) in [7, 11) is 0. The lowest BCUT2D eigenvalue weighted by molar-refractivity contribution is 0.306. The summed E-state index contributed by atoms with van der Waals surface area (Å²) in [6, 6.07) is 5.21. The predicted molar refractivity (Wildman–Crippen MR) is 105 cm³/mol. The first-order valence-electron chi connectivity index (χ1n) is 8.04.